The molecule has 0 unspecified atom stereocenters. The fourth-order valence-corrected chi connectivity index (χ4v) is 2.39. The number of ether oxygens (including phenoxy) is 1. The van der Waals surface area contributed by atoms with E-state index in [4.69, 9.17) is 10.5 Å². The minimum atomic E-state index is -0.692. The van der Waals surface area contributed by atoms with Crippen molar-refractivity contribution in [2.75, 3.05) is 26.2 Å². The average Bonchev–Trinajstić information content (AvgIpc) is 2.50. The van der Waals surface area contributed by atoms with Crippen LogP contribution in [0.5, 0.6) is 0 Å². The Balaban J connectivity index is 1.89. The highest BCUT2D eigenvalue weighted by atomic mass is 19.1. The molecule has 0 atom stereocenters. The Labute approximate surface area is 122 Å². The summed E-state index contributed by atoms with van der Waals surface area (Å²) in [5.41, 5.74) is 5.19. The third-order valence-electron chi connectivity index (χ3n) is 3.59. The standard InChI is InChI=1S/C15H20F2N2O2/c16-11-2-3-14(17)13(10-11)15(20)19-7-4-12(5-8-19)21-9-1-6-18/h2-3,10,12H,1,4-9,18H2. The van der Waals surface area contributed by atoms with E-state index in [1.54, 1.807) is 4.90 Å². The molecule has 0 aliphatic carbocycles. The van der Waals surface area contributed by atoms with Crippen molar-refractivity contribution in [1.29, 1.82) is 0 Å². The van der Waals surface area contributed by atoms with Crippen LogP contribution in [0.1, 0.15) is 29.6 Å². The number of likely N-dealkylation sites (tertiary alicyclic amines) is 1. The van der Waals surface area contributed by atoms with E-state index < -0.39 is 17.5 Å². The molecule has 4 nitrogen and oxygen atoms in total. The van der Waals surface area contributed by atoms with Crippen LogP contribution in [0, 0.1) is 11.6 Å². The van der Waals surface area contributed by atoms with Gasteiger partial charge in [0, 0.05) is 19.7 Å². The summed E-state index contributed by atoms with van der Waals surface area (Å²) in [6, 6.07) is 2.93. The molecule has 116 valence electrons. The lowest BCUT2D eigenvalue weighted by atomic mass is 10.1. The van der Waals surface area contributed by atoms with Crippen LogP contribution in [0.4, 0.5) is 8.78 Å². The predicted octanol–water partition coefficient (Wildman–Crippen LogP) is 1.93. The molecule has 6 heteroatoms. The molecule has 1 aromatic carbocycles. The molecule has 1 aliphatic heterocycles. The molecule has 2 rings (SSSR count). The lowest BCUT2D eigenvalue weighted by Crippen LogP contribution is -2.41. The molecule has 21 heavy (non-hydrogen) atoms. The van der Waals surface area contributed by atoms with E-state index >= 15 is 0 Å². The smallest absolute Gasteiger partial charge is 0.256 e. The van der Waals surface area contributed by atoms with Crippen molar-refractivity contribution >= 4 is 5.91 Å². The van der Waals surface area contributed by atoms with Crippen molar-refractivity contribution in [2.45, 2.75) is 25.4 Å². The van der Waals surface area contributed by atoms with Gasteiger partial charge in [-0.2, -0.15) is 0 Å². The van der Waals surface area contributed by atoms with E-state index in [1.807, 2.05) is 0 Å². The molecular formula is C15H20F2N2O2. The zero-order chi connectivity index (χ0) is 15.2. The second kappa shape index (κ2) is 7.47. The van der Waals surface area contributed by atoms with Gasteiger partial charge >= 0.3 is 0 Å². The predicted molar refractivity (Wildman–Crippen MR) is 74.9 cm³/mol. The van der Waals surface area contributed by atoms with Gasteiger partial charge in [0.25, 0.3) is 5.91 Å². The van der Waals surface area contributed by atoms with Crippen LogP contribution < -0.4 is 5.73 Å². The minimum Gasteiger partial charge on any atom is -0.378 e. The third kappa shape index (κ3) is 4.22. The molecule has 1 saturated heterocycles. The van der Waals surface area contributed by atoms with Crippen LogP contribution in [0.2, 0.25) is 0 Å². The monoisotopic (exact) mass is 298 g/mol. The quantitative estimate of drug-likeness (QED) is 0.845. The zero-order valence-electron chi connectivity index (χ0n) is 11.9. The number of carbonyl (C=O) groups excluding carboxylic acids is 1. The van der Waals surface area contributed by atoms with Crippen LogP contribution in [0.15, 0.2) is 18.2 Å². The average molecular weight is 298 g/mol. The lowest BCUT2D eigenvalue weighted by molar-refractivity contribution is 0.00832. The van der Waals surface area contributed by atoms with E-state index in [2.05, 4.69) is 0 Å². The van der Waals surface area contributed by atoms with Crippen LogP contribution in [0.3, 0.4) is 0 Å². The summed E-state index contributed by atoms with van der Waals surface area (Å²) in [5, 5.41) is 0. The normalized spacial score (nSPS) is 16.2. The van der Waals surface area contributed by atoms with Crippen molar-refractivity contribution in [3.63, 3.8) is 0 Å². The maximum absolute atomic E-state index is 13.6. The molecule has 0 spiro atoms. The van der Waals surface area contributed by atoms with Gasteiger partial charge in [-0.15, -0.1) is 0 Å². The number of carbonyl (C=O) groups is 1. The molecule has 1 aromatic rings. The summed E-state index contributed by atoms with van der Waals surface area (Å²) in [6.45, 7) is 2.19. The molecule has 0 aromatic heterocycles. The number of hydrogen-bond donors (Lipinski definition) is 1. The second-order valence-corrected chi connectivity index (χ2v) is 5.13. The van der Waals surface area contributed by atoms with Gasteiger partial charge in [0.15, 0.2) is 0 Å². The van der Waals surface area contributed by atoms with Gasteiger partial charge in [0.05, 0.1) is 11.7 Å². The zero-order valence-corrected chi connectivity index (χ0v) is 11.9. The van der Waals surface area contributed by atoms with Gasteiger partial charge in [-0.1, -0.05) is 0 Å². The van der Waals surface area contributed by atoms with Crippen molar-refractivity contribution < 1.29 is 18.3 Å². The summed E-state index contributed by atoms with van der Waals surface area (Å²) >= 11 is 0. The van der Waals surface area contributed by atoms with Gasteiger partial charge < -0.3 is 15.4 Å². The second-order valence-electron chi connectivity index (χ2n) is 5.13. The van der Waals surface area contributed by atoms with Gasteiger partial charge in [-0.3, -0.25) is 4.79 Å². The summed E-state index contributed by atoms with van der Waals surface area (Å²) < 4.78 is 32.4. The van der Waals surface area contributed by atoms with Crippen LogP contribution in [-0.4, -0.2) is 43.2 Å². The summed E-state index contributed by atoms with van der Waals surface area (Å²) in [5.74, 6) is -1.77. The first-order valence-corrected chi connectivity index (χ1v) is 7.18. The SMILES string of the molecule is NCCCOC1CCN(C(=O)c2cc(F)ccc2F)CC1. The molecular weight excluding hydrogens is 278 g/mol. The Kier molecular flexibility index (Phi) is 5.64. The van der Waals surface area contributed by atoms with Gasteiger partial charge in [-0.05, 0) is 44.0 Å². The molecule has 1 amide bonds. The van der Waals surface area contributed by atoms with Gasteiger partial charge in [0.2, 0.25) is 0 Å². The molecule has 1 fully saturated rings. The Hall–Kier alpha value is -1.53. The number of nitrogens with zero attached hydrogens (tertiary/aromatic N) is 1. The Morgan fingerprint density at radius 2 is 2.05 bits per heavy atom. The number of benzene rings is 1. The first kappa shape index (κ1) is 15.9. The number of nitrogens with two attached hydrogens (primary N) is 1. The number of halogens is 2. The van der Waals surface area contributed by atoms with E-state index in [0.29, 0.717) is 39.1 Å². The molecule has 0 bridgehead atoms. The fraction of sp³-hybridized carbons (Fsp3) is 0.533. The largest absolute Gasteiger partial charge is 0.378 e. The Morgan fingerprint density at radius 3 is 2.71 bits per heavy atom. The first-order chi connectivity index (χ1) is 10.1. The topological polar surface area (TPSA) is 55.6 Å². The van der Waals surface area contributed by atoms with Gasteiger partial charge in [-0.25, -0.2) is 8.78 Å². The molecule has 0 radical (unpaired) electrons. The molecule has 0 saturated carbocycles. The van der Waals surface area contributed by atoms with Crippen molar-refractivity contribution in [3.8, 4) is 0 Å². The van der Waals surface area contributed by atoms with E-state index in [-0.39, 0.29) is 11.7 Å². The van der Waals surface area contributed by atoms with Gasteiger partial charge in [0.1, 0.15) is 11.6 Å². The highest BCUT2D eigenvalue weighted by Gasteiger charge is 2.25. The third-order valence-corrected chi connectivity index (χ3v) is 3.59. The highest BCUT2D eigenvalue weighted by Crippen LogP contribution is 2.18. The highest BCUT2D eigenvalue weighted by molar-refractivity contribution is 5.94. The summed E-state index contributed by atoms with van der Waals surface area (Å²) in [4.78, 5) is 13.7. The van der Waals surface area contributed by atoms with Crippen LogP contribution >= 0.6 is 0 Å². The number of amides is 1. The number of hydrogen-bond acceptors (Lipinski definition) is 3. The summed E-state index contributed by atoms with van der Waals surface area (Å²) in [7, 11) is 0. The molecule has 1 aliphatic rings. The molecule has 2 N–H and O–H groups in total. The maximum atomic E-state index is 13.6. The van der Waals surface area contributed by atoms with E-state index in [0.717, 1.165) is 24.6 Å². The summed E-state index contributed by atoms with van der Waals surface area (Å²) in [6.07, 6.45) is 2.33. The Bertz CT molecular complexity index is 489. The van der Waals surface area contributed by atoms with E-state index in [9.17, 15) is 13.6 Å². The fourth-order valence-electron chi connectivity index (χ4n) is 2.39. The van der Waals surface area contributed by atoms with Crippen LogP contribution in [-0.2, 0) is 4.74 Å². The lowest BCUT2D eigenvalue weighted by Gasteiger charge is -2.32. The van der Waals surface area contributed by atoms with Crippen LogP contribution in [0.25, 0.3) is 0 Å². The molecule has 1 heterocycles. The maximum Gasteiger partial charge on any atom is 0.256 e. The minimum absolute atomic E-state index is 0.109. The number of rotatable bonds is 5. The van der Waals surface area contributed by atoms with Crippen molar-refractivity contribution in [3.05, 3.63) is 35.4 Å². The Morgan fingerprint density at radius 1 is 1.33 bits per heavy atom. The van der Waals surface area contributed by atoms with Crippen molar-refractivity contribution in [1.82, 2.24) is 4.90 Å². The number of piperidine rings is 1. The first-order valence-electron chi connectivity index (χ1n) is 7.18. The van der Waals surface area contributed by atoms with Crippen molar-refractivity contribution in [2.24, 2.45) is 5.73 Å². The van der Waals surface area contributed by atoms with E-state index in [1.165, 1.54) is 0 Å².